The molecule has 0 aliphatic heterocycles. The average Bonchev–Trinajstić information content (AvgIpc) is 2.21. The fourth-order valence-electron chi connectivity index (χ4n) is 2.03. The van der Waals surface area contributed by atoms with Gasteiger partial charge in [-0.15, -0.1) is 0 Å². The lowest BCUT2D eigenvalue weighted by Gasteiger charge is -2.20. The largest absolute Gasteiger partial charge is 0.354 e. The molecule has 0 rings (SSSR count). The van der Waals surface area contributed by atoms with Crippen LogP contribution in [0.5, 0.6) is 0 Å². The summed E-state index contributed by atoms with van der Waals surface area (Å²) in [4.78, 5) is 23.7. The van der Waals surface area contributed by atoms with Crippen molar-refractivity contribution in [1.82, 2.24) is 10.6 Å². The Bertz CT molecular complexity index is 286. The first-order chi connectivity index (χ1) is 8.72. The minimum Gasteiger partial charge on any atom is -0.354 e. The molecule has 0 fully saturated rings. The monoisotopic (exact) mass is 270 g/mol. The zero-order valence-electron chi connectivity index (χ0n) is 13.2. The molecule has 4 nitrogen and oxygen atoms in total. The first kappa shape index (κ1) is 17.9. The minimum absolute atomic E-state index is 0.0288. The van der Waals surface area contributed by atoms with E-state index in [0.717, 1.165) is 6.42 Å². The van der Waals surface area contributed by atoms with E-state index in [-0.39, 0.29) is 29.8 Å². The predicted molar refractivity (Wildman–Crippen MR) is 78.7 cm³/mol. The molecular formula is C15H30N2O2. The van der Waals surface area contributed by atoms with Crippen molar-refractivity contribution in [2.75, 3.05) is 0 Å². The summed E-state index contributed by atoms with van der Waals surface area (Å²) in [5, 5.41) is 5.80. The molecule has 0 aliphatic rings. The summed E-state index contributed by atoms with van der Waals surface area (Å²) in [5.74, 6) is 0.485. The number of hydrogen-bond acceptors (Lipinski definition) is 2. The smallest absolute Gasteiger partial charge is 0.223 e. The topological polar surface area (TPSA) is 58.2 Å². The third-order valence-corrected chi connectivity index (χ3v) is 2.73. The van der Waals surface area contributed by atoms with Crippen molar-refractivity contribution < 1.29 is 9.59 Å². The minimum atomic E-state index is -0.0692. The predicted octanol–water partition coefficient (Wildman–Crippen LogP) is 2.48. The van der Waals surface area contributed by atoms with E-state index in [2.05, 4.69) is 24.5 Å². The lowest BCUT2D eigenvalue weighted by Crippen LogP contribution is -2.37. The summed E-state index contributed by atoms with van der Waals surface area (Å²) in [6, 6.07) is 0.298. The van der Waals surface area contributed by atoms with E-state index in [1.165, 1.54) is 0 Å². The van der Waals surface area contributed by atoms with Gasteiger partial charge in [-0.2, -0.15) is 0 Å². The van der Waals surface area contributed by atoms with E-state index in [9.17, 15) is 9.59 Å². The summed E-state index contributed by atoms with van der Waals surface area (Å²) in [6.07, 6.45) is 1.86. The number of nitrogens with one attached hydrogen (secondary N) is 2. The summed E-state index contributed by atoms with van der Waals surface area (Å²) >= 11 is 0. The van der Waals surface area contributed by atoms with Gasteiger partial charge in [-0.25, -0.2) is 0 Å². The van der Waals surface area contributed by atoms with Gasteiger partial charge in [-0.1, -0.05) is 13.8 Å². The Balaban J connectivity index is 4.35. The molecular weight excluding hydrogens is 240 g/mol. The Labute approximate surface area is 117 Å². The molecule has 0 heterocycles. The van der Waals surface area contributed by atoms with Crippen LogP contribution in [0, 0.1) is 11.8 Å². The third kappa shape index (κ3) is 9.51. The molecule has 0 saturated carbocycles. The molecule has 0 aromatic heterocycles. The molecule has 19 heavy (non-hydrogen) atoms. The van der Waals surface area contributed by atoms with Gasteiger partial charge in [-0.3, -0.25) is 9.59 Å². The van der Waals surface area contributed by atoms with Crippen LogP contribution >= 0.6 is 0 Å². The molecule has 112 valence electrons. The Morgan fingerprint density at radius 1 is 0.895 bits per heavy atom. The van der Waals surface area contributed by atoms with Gasteiger partial charge >= 0.3 is 0 Å². The van der Waals surface area contributed by atoms with Gasteiger partial charge in [0.25, 0.3) is 0 Å². The summed E-state index contributed by atoms with van der Waals surface area (Å²) in [7, 11) is 0. The zero-order valence-corrected chi connectivity index (χ0v) is 13.2. The normalized spacial score (nSPS) is 12.9. The van der Waals surface area contributed by atoms with Gasteiger partial charge in [0, 0.05) is 24.4 Å². The summed E-state index contributed by atoms with van der Waals surface area (Å²) in [6.45, 7) is 12.0. The molecule has 0 radical (unpaired) electrons. The van der Waals surface area contributed by atoms with Gasteiger partial charge < -0.3 is 10.6 Å². The maximum absolute atomic E-state index is 12.1. The van der Waals surface area contributed by atoms with Crippen LogP contribution in [0.2, 0.25) is 0 Å². The standard InChI is InChI=1S/C15H30N2O2/c1-10(2)9-13(15(19)17-12(5)6)7-8-14(18)16-11(3)4/h10-13H,7-9H2,1-6H3,(H,16,18)(H,17,19)/t13-/m1/s1. The average molecular weight is 270 g/mol. The van der Waals surface area contributed by atoms with Gasteiger partial charge in [0.15, 0.2) is 0 Å². The van der Waals surface area contributed by atoms with E-state index in [0.29, 0.717) is 18.8 Å². The highest BCUT2D eigenvalue weighted by Crippen LogP contribution is 2.18. The first-order valence-electron chi connectivity index (χ1n) is 7.32. The number of rotatable bonds is 8. The van der Waals surface area contributed by atoms with Crippen LogP contribution in [0.25, 0.3) is 0 Å². The van der Waals surface area contributed by atoms with Crippen molar-refractivity contribution in [3.8, 4) is 0 Å². The molecule has 0 aromatic carbocycles. The number of carbonyl (C=O) groups is 2. The van der Waals surface area contributed by atoms with Crippen molar-refractivity contribution >= 4 is 11.8 Å². The van der Waals surface area contributed by atoms with Crippen molar-refractivity contribution in [1.29, 1.82) is 0 Å². The molecule has 0 aliphatic carbocycles. The van der Waals surface area contributed by atoms with Crippen LogP contribution in [-0.4, -0.2) is 23.9 Å². The fourth-order valence-corrected chi connectivity index (χ4v) is 2.03. The van der Waals surface area contributed by atoms with Crippen LogP contribution in [-0.2, 0) is 9.59 Å². The Morgan fingerprint density at radius 3 is 1.84 bits per heavy atom. The first-order valence-corrected chi connectivity index (χ1v) is 7.32. The lowest BCUT2D eigenvalue weighted by atomic mass is 9.91. The van der Waals surface area contributed by atoms with Crippen LogP contribution in [0.3, 0.4) is 0 Å². The highest BCUT2D eigenvalue weighted by atomic mass is 16.2. The van der Waals surface area contributed by atoms with Crippen molar-refractivity contribution in [2.45, 2.75) is 72.9 Å². The molecule has 0 saturated heterocycles. The Hall–Kier alpha value is -1.06. The van der Waals surface area contributed by atoms with E-state index in [1.807, 2.05) is 27.7 Å². The fraction of sp³-hybridized carbons (Fsp3) is 0.867. The number of carbonyl (C=O) groups excluding carboxylic acids is 2. The second-order valence-corrected chi connectivity index (χ2v) is 6.25. The highest BCUT2D eigenvalue weighted by molar-refractivity contribution is 5.80. The second-order valence-electron chi connectivity index (χ2n) is 6.25. The Kier molecular flexibility index (Phi) is 8.44. The maximum Gasteiger partial charge on any atom is 0.223 e. The van der Waals surface area contributed by atoms with Gasteiger partial charge in [0.05, 0.1) is 0 Å². The van der Waals surface area contributed by atoms with E-state index in [4.69, 9.17) is 0 Å². The van der Waals surface area contributed by atoms with Crippen LogP contribution in [0.15, 0.2) is 0 Å². The maximum atomic E-state index is 12.1. The van der Waals surface area contributed by atoms with Crippen molar-refractivity contribution in [3.05, 3.63) is 0 Å². The lowest BCUT2D eigenvalue weighted by molar-refractivity contribution is -0.127. The molecule has 1 atom stereocenters. The SMILES string of the molecule is CC(C)C[C@@H](CCC(=O)NC(C)C)C(=O)NC(C)C. The number of amides is 2. The summed E-state index contributed by atoms with van der Waals surface area (Å²) in [5.41, 5.74) is 0. The van der Waals surface area contributed by atoms with Crippen LogP contribution < -0.4 is 10.6 Å². The number of hydrogen-bond donors (Lipinski definition) is 2. The summed E-state index contributed by atoms with van der Waals surface area (Å²) < 4.78 is 0. The van der Waals surface area contributed by atoms with Crippen molar-refractivity contribution in [2.24, 2.45) is 11.8 Å². The molecule has 2 amide bonds. The van der Waals surface area contributed by atoms with E-state index >= 15 is 0 Å². The van der Waals surface area contributed by atoms with Gasteiger partial charge in [0.2, 0.25) is 11.8 Å². The highest BCUT2D eigenvalue weighted by Gasteiger charge is 2.21. The molecule has 0 bridgehead atoms. The molecule has 4 heteroatoms. The van der Waals surface area contributed by atoms with Gasteiger partial charge in [0.1, 0.15) is 0 Å². The molecule has 0 unspecified atom stereocenters. The molecule has 0 spiro atoms. The Morgan fingerprint density at radius 2 is 1.42 bits per heavy atom. The van der Waals surface area contributed by atoms with E-state index in [1.54, 1.807) is 0 Å². The third-order valence-electron chi connectivity index (χ3n) is 2.73. The van der Waals surface area contributed by atoms with Crippen LogP contribution in [0.4, 0.5) is 0 Å². The van der Waals surface area contributed by atoms with E-state index < -0.39 is 0 Å². The zero-order chi connectivity index (χ0) is 15.0. The molecule has 0 aromatic rings. The quantitative estimate of drug-likeness (QED) is 0.712. The van der Waals surface area contributed by atoms with Gasteiger partial charge in [-0.05, 0) is 46.5 Å². The van der Waals surface area contributed by atoms with Crippen molar-refractivity contribution in [3.63, 3.8) is 0 Å². The second kappa shape index (κ2) is 8.94. The molecule has 2 N–H and O–H groups in total. The van der Waals surface area contributed by atoms with Crippen LogP contribution in [0.1, 0.15) is 60.8 Å².